The predicted octanol–water partition coefficient (Wildman–Crippen LogP) is 2.82. The van der Waals surface area contributed by atoms with Gasteiger partial charge >= 0.3 is 0 Å². The maximum atomic E-state index is 13.5. The Morgan fingerprint density at radius 1 is 1.33 bits per heavy atom. The molecule has 0 saturated heterocycles. The number of rotatable bonds is 4. The molecule has 0 aliphatic heterocycles. The summed E-state index contributed by atoms with van der Waals surface area (Å²) in [6.45, 7) is 1.12. The van der Waals surface area contributed by atoms with Gasteiger partial charge in [-0.3, -0.25) is 4.79 Å². The molecule has 94 valence electrons. The number of aromatic nitrogens is 1. The molecule has 0 bridgehead atoms. The number of hydrogen-bond acceptors (Lipinski definition) is 1. The summed E-state index contributed by atoms with van der Waals surface area (Å²) < 4.78 is 16.1. The normalized spacial score (nSPS) is 10.3. The maximum absolute atomic E-state index is 13.5. The van der Waals surface area contributed by atoms with Crippen LogP contribution in [0.2, 0.25) is 0 Å². The van der Waals surface area contributed by atoms with Gasteiger partial charge < -0.3 is 9.88 Å². The number of nitrogens with one attached hydrogen (secondary N) is 1. The minimum absolute atomic E-state index is 0.0608. The standard InChI is InChI=1S/C13H12BrFN2O/c14-10-3-4-11(12(15)9-10)13(18)16-5-8-17-6-1-2-7-17/h1-4,6-7,9H,5,8H2,(H,16,18). The third kappa shape index (κ3) is 3.20. The fourth-order valence-corrected chi connectivity index (χ4v) is 1.92. The van der Waals surface area contributed by atoms with Gasteiger partial charge in [-0.15, -0.1) is 0 Å². The molecule has 1 amide bonds. The molecule has 0 spiro atoms. The molecule has 18 heavy (non-hydrogen) atoms. The van der Waals surface area contributed by atoms with Gasteiger partial charge in [-0.2, -0.15) is 0 Å². The van der Waals surface area contributed by atoms with E-state index in [1.54, 1.807) is 6.07 Å². The molecule has 0 aliphatic rings. The second kappa shape index (κ2) is 5.82. The van der Waals surface area contributed by atoms with Crippen LogP contribution in [0.3, 0.4) is 0 Å². The monoisotopic (exact) mass is 310 g/mol. The molecule has 3 nitrogen and oxygen atoms in total. The van der Waals surface area contributed by atoms with E-state index in [0.717, 1.165) is 0 Å². The second-order valence-corrected chi connectivity index (χ2v) is 4.72. The van der Waals surface area contributed by atoms with Crippen molar-refractivity contribution >= 4 is 21.8 Å². The van der Waals surface area contributed by atoms with E-state index in [4.69, 9.17) is 0 Å². The van der Waals surface area contributed by atoms with Crippen LogP contribution in [0.15, 0.2) is 47.2 Å². The minimum Gasteiger partial charge on any atom is -0.353 e. The Labute approximate surface area is 113 Å². The largest absolute Gasteiger partial charge is 0.353 e. The van der Waals surface area contributed by atoms with Gasteiger partial charge in [0.05, 0.1) is 5.56 Å². The van der Waals surface area contributed by atoms with Crippen LogP contribution in [0.4, 0.5) is 4.39 Å². The van der Waals surface area contributed by atoms with Crippen LogP contribution in [0, 0.1) is 5.82 Å². The number of carbonyl (C=O) groups excluding carboxylic acids is 1. The summed E-state index contributed by atoms with van der Waals surface area (Å²) in [6.07, 6.45) is 3.82. The topological polar surface area (TPSA) is 34.0 Å². The quantitative estimate of drug-likeness (QED) is 0.925. The Morgan fingerprint density at radius 2 is 2.06 bits per heavy atom. The van der Waals surface area contributed by atoms with Crippen LogP contribution in [0.25, 0.3) is 0 Å². The van der Waals surface area contributed by atoms with E-state index in [9.17, 15) is 9.18 Å². The Hall–Kier alpha value is -1.62. The van der Waals surface area contributed by atoms with Crippen molar-refractivity contribution in [3.05, 3.63) is 58.6 Å². The number of halogens is 2. The van der Waals surface area contributed by atoms with Crippen molar-refractivity contribution in [2.24, 2.45) is 0 Å². The van der Waals surface area contributed by atoms with Crippen LogP contribution in [-0.2, 0) is 6.54 Å². The molecule has 1 N–H and O–H groups in total. The van der Waals surface area contributed by atoms with Crippen molar-refractivity contribution in [2.45, 2.75) is 6.54 Å². The molecule has 0 unspecified atom stereocenters. The summed E-state index contributed by atoms with van der Waals surface area (Å²) in [5.41, 5.74) is 0.0608. The van der Waals surface area contributed by atoms with E-state index in [1.165, 1.54) is 12.1 Å². The van der Waals surface area contributed by atoms with Crippen molar-refractivity contribution in [1.29, 1.82) is 0 Å². The lowest BCUT2D eigenvalue weighted by Crippen LogP contribution is -2.27. The van der Waals surface area contributed by atoms with Crippen LogP contribution in [-0.4, -0.2) is 17.0 Å². The number of amides is 1. The molecule has 2 aromatic rings. The van der Waals surface area contributed by atoms with Gasteiger partial charge in [0.2, 0.25) is 0 Å². The van der Waals surface area contributed by atoms with E-state index in [-0.39, 0.29) is 5.56 Å². The summed E-state index contributed by atoms with van der Waals surface area (Å²) in [5, 5.41) is 2.68. The third-order valence-corrected chi connectivity index (χ3v) is 2.99. The molecular weight excluding hydrogens is 299 g/mol. The summed E-state index contributed by atoms with van der Waals surface area (Å²) in [4.78, 5) is 11.7. The second-order valence-electron chi connectivity index (χ2n) is 3.80. The number of hydrogen-bond donors (Lipinski definition) is 1. The molecular formula is C13H12BrFN2O. The smallest absolute Gasteiger partial charge is 0.254 e. The highest BCUT2D eigenvalue weighted by Crippen LogP contribution is 2.15. The molecule has 1 aromatic carbocycles. The van der Waals surface area contributed by atoms with Crippen molar-refractivity contribution in [1.82, 2.24) is 9.88 Å². The lowest BCUT2D eigenvalue weighted by atomic mass is 10.2. The highest BCUT2D eigenvalue weighted by atomic mass is 79.9. The number of nitrogens with zero attached hydrogens (tertiary/aromatic N) is 1. The summed E-state index contributed by atoms with van der Waals surface area (Å²) >= 11 is 3.15. The highest BCUT2D eigenvalue weighted by molar-refractivity contribution is 9.10. The van der Waals surface area contributed by atoms with Gasteiger partial charge in [0, 0.05) is 30.0 Å². The van der Waals surface area contributed by atoms with Crippen LogP contribution < -0.4 is 5.32 Å². The Morgan fingerprint density at radius 3 is 2.72 bits per heavy atom. The van der Waals surface area contributed by atoms with Gasteiger partial charge in [0.1, 0.15) is 5.82 Å². The van der Waals surface area contributed by atoms with Gasteiger partial charge in [-0.05, 0) is 30.3 Å². The lowest BCUT2D eigenvalue weighted by Gasteiger charge is -2.07. The molecule has 2 rings (SSSR count). The van der Waals surface area contributed by atoms with E-state index >= 15 is 0 Å². The summed E-state index contributed by atoms with van der Waals surface area (Å²) in [6, 6.07) is 8.21. The minimum atomic E-state index is -0.525. The van der Waals surface area contributed by atoms with E-state index in [2.05, 4.69) is 21.2 Å². The van der Waals surface area contributed by atoms with Crippen LogP contribution >= 0.6 is 15.9 Å². The van der Waals surface area contributed by atoms with E-state index in [0.29, 0.717) is 17.6 Å². The molecule has 0 atom stereocenters. The summed E-state index contributed by atoms with van der Waals surface area (Å²) in [7, 11) is 0. The Bertz CT molecular complexity index is 540. The van der Waals surface area contributed by atoms with Crippen LogP contribution in [0.1, 0.15) is 10.4 Å². The molecule has 5 heteroatoms. The first-order valence-corrected chi connectivity index (χ1v) is 6.30. The first-order valence-electron chi connectivity index (χ1n) is 5.51. The molecule has 1 heterocycles. The fourth-order valence-electron chi connectivity index (χ4n) is 1.59. The third-order valence-electron chi connectivity index (χ3n) is 2.50. The van der Waals surface area contributed by atoms with Gasteiger partial charge in [-0.25, -0.2) is 4.39 Å². The molecule has 0 aliphatic carbocycles. The van der Waals surface area contributed by atoms with Crippen LogP contribution in [0.5, 0.6) is 0 Å². The average molecular weight is 311 g/mol. The molecule has 1 aromatic heterocycles. The molecule has 0 saturated carbocycles. The van der Waals surface area contributed by atoms with Gasteiger partial charge in [0.25, 0.3) is 5.91 Å². The lowest BCUT2D eigenvalue weighted by molar-refractivity contribution is 0.0948. The zero-order valence-electron chi connectivity index (χ0n) is 9.57. The fraction of sp³-hybridized carbons (Fsp3) is 0.154. The zero-order chi connectivity index (χ0) is 13.0. The Balaban J connectivity index is 1.91. The van der Waals surface area contributed by atoms with Crippen molar-refractivity contribution in [3.8, 4) is 0 Å². The molecule has 0 radical (unpaired) electrons. The van der Waals surface area contributed by atoms with E-state index < -0.39 is 11.7 Å². The first kappa shape index (κ1) is 12.8. The van der Waals surface area contributed by atoms with Gasteiger partial charge in [-0.1, -0.05) is 15.9 Å². The molecule has 0 fully saturated rings. The van der Waals surface area contributed by atoms with Crippen molar-refractivity contribution in [2.75, 3.05) is 6.54 Å². The maximum Gasteiger partial charge on any atom is 0.254 e. The van der Waals surface area contributed by atoms with Crippen molar-refractivity contribution < 1.29 is 9.18 Å². The Kier molecular flexibility index (Phi) is 4.15. The van der Waals surface area contributed by atoms with Gasteiger partial charge in [0.15, 0.2) is 0 Å². The highest BCUT2D eigenvalue weighted by Gasteiger charge is 2.10. The number of carbonyl (C=O) groups is 1. The zero-order valence-corrected chi connectivity index (χ0v) is 11.2. The van der Waals surface area contributed by atoms with Crippen molar-refractivity contribution in [3.63, 3.8) is 0 Å². The van der Waals surface area contributed by atoms with E-state index in [1.807, 2.05) is 29.1 Å². The first-order chi connectivity index (χ1) is 8.66. The number of benzene rings is 1. The predicted molar refractivity (Wildman–Crippen MR) is 70.9 cm³/mol. The summed E-state index contributed by atoms with van der Waals surface area (Å²) in [5.74, 6) is -0.921. The SMILES string of the molecule is O=C(NCCn1cccc1)c1ccc(Br)cc1F. The average Bonchev–Trinajstić information content (AvgIpc) is 2.81.